The van der Waals surface area contributed by atoms with E-state index in [1.165, 1.54) is 4.90 Å². The molecule has 1 amide bonds. The van der Waals surface area contributed by atoms with E-state index in [0.29, 0.717) is 22.9 Å². The molecule has 1 N–H and O–H groups in total. The molecule has 1 saturated heterocycles. The molecule has 0 bridgehead atoms. The Balaban J connectivity index is 1.61. The molecular weight excluding hydrogens is 508 g/mol. The van der Waals surface area contributed by atoms with E-state index in [9.17, 15) is 4.79 Å². The van der Waals surface area contributed by atoms with Gasteiger partial charge in [0.15, 0.2) is 5.11 Å². The average Bonchev–Trinajstić information content (AvgIpc) is 3.16. The van der Waals surface area contributed by atoms with Crippen LogP contribution in [0.3, 0.4) is 0 Å². The van der Waals surface area contributed by atoms with Crippen LogP contribution in [0.5, 0.6) is 17.2 Å². The number of nitrogens with zero attached hydrogens (tertiary/aromatic N) is 1. The Morgan fingerprint density at radius 2 is 1.76 bits per heavy atom. The number of carbonyl (C=O) groups excluding carboxylic acids is 1. The topological polar surface area (TPSA) is 60.0 Å². The quantitative estimate of drug-likeness (QED) is 0.257. The second kappa shape index (κ2) is 11.2. The maximum Gasteiger partial charge on any atom is 0.281 e. The molecule has 37 heavy (non-hydrogen) atoms. The third kappa shape index (κ3) is 5.58. The number of anilines is 1. The van der Waals surface area contributed by atoms with Gasteiger partial charge in [0.25, 0.3) is 5.91 Å². The van der Waals surface area contributed by atoms with E-state index in [1.807, 2.05) is 49.4 Å². The van der Waals surface area contributed by atoms with Gasteiger partial charge in [0.2, 0.25) is 0 Å². The van der Waals surface area contributed by atoms with Gasteiger partial charge in [-0.05, 0) is 84.2 Å². The predicted molar refractivity (Wildman–Crippen MR) is 152 cm³/mol. The number of para-hydroxylation sites is 2. The minimum Gasteiger partial charge on any atom is -0.496 e. The van der Waals surface area contributed by atoms with Crippen LogP contribution in [0.25, 0.3) is 6.08 Å². The van der Waals surface area contributed by atoms with E-state index in [4.69, 9.17) is 38.0 Å². The van der Waals surface area contributed by atoms with Gasteiger partial charge in [-0.15, -0.1) is 0 Å². The Morgan fingerprint density at radius 1 is 1.03 bits per heavy atom. The van der Waals surface area contributed by atoms with Gasteiger partial charge in [0, 0.05) is 10.6 Å². The third-order valence-electron chi connectivity index (χ3n) is 6.12. The van der Waals surface area contributed by atoms with Crippen molar-refractivity contribution >= 4 is 46.6 Å². The van der Waals surface area contributed by atoms with Crippen molar-refractivity contribution in [1.29, 1.82) is 0 Å². The second-order valence-corrected chi connectivity index (χ2v) is 9.75. The zero-order chi connectivity index (χ0) is 26.7. The number of carbonyl (C=O) groups is 1. The first-order valence-corrected chi connectivity index (χ1v) is 12.6. The third-order valence-corrected chi connectivity index (χ3v) is 6.81. The smallest absolute Gasteiger partial charge is 0.281 e. The largest absolute Gasteiger partial charge is 0.496 e. The average molecular weight is 537 g/mol. The SMILES string of the molecule is COc1ccc(/C=C2/NC(=S)N(c3ccccc3OC)C2=O)cc1COc1cc(C)c(Cl)cc1C(C)C. The Bertz CT molecular complexity index is 1390. The lowest BCUT2D eigenvalue weighted by molar-refractivity contribution is -0.113. The molecule has 1 fully saturated rings. The van der Waals surface area contributed by atoms with Gasteiger partial charge in [0.1, 0.15) is 29.6 Å². The van der Waals surface area contributed by atoms with E-state index in [2.05, 4.69) is 19.2 Å². The maximum absolute atomic E-state index is 13.3. The summed E-state index contributed by atoms with van der Waals surface area (Å²) in [4.78, 5) is 14.7. The molecule has 0 aromatic heterocycles. The first kappa shape index (κ1) is 26.5. The zero-order valence-corrected chi connectivity index (χ0v) is 23.0. The number of hydrogen-bond donors (Lipinski definition) is 1. The van der Waals surface area contributed by atoms with Crippen molar-refractivity contribution in [3.63, 3.8) is 0 Å². The number of nitrogens with one attached hydrogen (secondary N) is 1. The van der Waals surface area contributed by atoms with E-state index in [1.54, 1.807) is 32.4 Å². The summed E-state index contributed by atoms with van der Waals surface area (Å²) < 4.78 is 17.2. The highest BCUT2D eigenvalue weighted by molar-refractivity contribution is 7.80. The normalized spacial score (nSPS) is 14.4. The van der Waals surface area contributed by atoms with Crippen LogP contribution < -0.4 is 24.4 Å². The van der Waals surface area contributed by atoms with Gasteiger partial charge in [0.05, 0.1) is 19.9 Å². The number of amides is 1. The molecule has 1 heterocycles. The molecule has 1 aliphatic heterocycles. The molecule has 4 rings (SSSR count). The van der Waals surface area contributed by atoms with Crippen LogP contribution in [-0.4, -0.2) is 25.2 Å². The van der Waals surface area contributed by atoms with Crippen LogP contribution in [0.2, 0.25) is 5.02 Å². The van der Waals surface area contributed by atoms with E-state index < -0.39 is 0 Å². The molecule has 6 nitrogen and oxygen atoms in total. The summed E-state index contributed by atoms with van der Waals surface area (Å²) in [6.07, 6.45) is 1.76. The summed E-state index contributed by atoms with van der Waals surface area (Å²) >= 11 is 11.8. The molecule has 0 atom stereocenters. The molecule has 0 unspecified atom stereocenters. The van der Waals surface area contributed by atoms with Gasteiger partial charge in [-0.3, -0.25) is 4.79 Å². The first-order chi connectivity index (χ1) is 17.7. The van der Waals surface area contributed by atoms with Crippen LogP contribution in [-0.2, 0) is 11.4 Å². The van der Waals surface area contributed by atoms with Crippen molar-refractivity contribution < 1.29 is 19.0 Å². The van der Waals surface area contributed by atoms with Crippen molar-refractivity contribution in [2.75, 3.05) is 19.1 Å². The van der Waals surface area contributed by atoms with E-state index in [-0.39, 0.29) is 23.5 Å². The minimum atomic E-state index is -0.263. The summed E-state index contributed by atoms with van der Waals surface area (Å²) in [6, 6.07) is 16.9. The number of methoxy groups -OCH3 is 2. The number of ether oxygens (including phenoxy) is 3. The Kier molecular flexibility index (Phi) is 8.05. The summed E-state index contributed by atoms with van der Waals surface area (Å²) in [7, 11) is 3.18. The Labute approximate surface area is 227 Å². The van der Waals surface area contributed by atoms with Crippen molar-refractivity contribution in [2.45, 2.75) is 33.3 Å². The first-order valence-electron chi connectivity index (χ1n) is 11.8. The number of benzene rings is 3. The number of rotatable bonds is 8. The highest BCUT2D eigenvalue weighted by Crippen LogP contribution is 2.34. The lowest BCUT2D eigenvalue weighted by Crippen LogP contribution is -2.30. The predicted octanol–water partition coefficient (Wildman–Crippen LogP) is 6.63. The lowest BCUT2D eigenvalue weighted by Gasteiger charge is -2.17. The summed E-state index contributed by atoms with van der Waals surface area (Å²) in [6.45, 7) is 6.45. The van der Waals surface area contributed by atoms with Gasteiger partial charge in [-0.1, -0.05) is 43.6 Å². The molecule has 8 heteroatoms. The molecule has 3 aromatic carbocycles. The van der Waals surface area contributed by atoms with Crippen molar-refractivity contribution in [3.8, 4) is 17.2 Å². The van der Waals surface area contributed by atoms with Gasteiger partial charge in [-0.25, -0.2) is 4.90 Å². The fraction of sp³-hybridized carbons (Fsp3) is 0.241. The second-order valence-electron chi connectivity index (χ2n) is 8.95. The van der Waals surface area contributed by atoms with E-state index >= 15 is 0 Å². The van der Waals surface area contributed by atoms with Gasteiger partial charge < -0.3 is 19.5 Å². The fourth-order valence-corrected chi connectivity index (χ4v) is 4.60. The molecule has 1 aliphatic rings. The summed E-state index contributed by atoms with van der Waals surface area (Å²) in [5.41, 5.74) is 4.58. The van der Waals surface area contributed by atoms with Crippen LogP contribution in [0.4, 0.5) is 5.69 Å². The fourth-order valence-electron chi connectivity index (χ4n) is 4.14. The number of aryl methyl sites for hydroxylation is 1. The number of thiocarbonyl (C=S) groups is 1. The molecule has 0 radical (unpaired) electrons. The molecule has 0 saturated carbocycles. The molecule has 0 spiro atoms. The monoisotopic (exact) mass is 536 g/mol. The molecule has 0 aliphatic carbocycles. The van der Waals surface area contributed by atoms with Crippen LogP contribution in [0, 0.1) is 6.92 Å². The lowest BCUT2D eigenvalue weighted by atomic mass is 10.0. The molecular formula is C29H29ClN2O4S. The highest BCUT2D eigenvalue weighted by atomic mass is 35.5. The summed E-state index contributed by atoms with van der Waals surface area (Å²) in [5, 5.41) is 4.04. The van der Waals surface area contributed by atoms with Crippen molar-refractivity contribution in [1.82, 2.24) is 5.32 Å². The van der Waals surface area contributed by atoms with Crippen LogP contribution in [0.1, 0.15) is 42.0 Å². The zero-order valence-electron chi connectivity index (χ0n) is 21.4. The standard InChI is InChI=1S/C29H29ClN2O4S/c1-17(2)21-15-22(30)18(3)12-27(21)36-16-20-13-19(10-11-25(20)34-4)14-23-28(33)32(29(37)31-23)24-8-6-7-9-26(24)35-5/h6-15,17H,16H2,1-5H3,(H,31,37)/b23-14+. The number of halogens is 1. The highest BCUT2D eigenvalue weighted by Gasteiger charge is 2.33. The Morgan fingerprint density at radius 3 is 2.46 bits per heavy atom. The minimum absolute atomic E-state index is 0.250. The maximum atomic E-state index is 13.3. The van der Waals surface area contributed by atoms with Gasteiger partial charge >= 0.3 is 0 Å². The van der Waals surface area contributed by atoms with Crippen LogP contribution >= 0.6 is 23.8 Å². The summed E-state index contributed by atoms with van der Waals surface area (Å²) in [5.74, 6) is 2.02. The van der Waals surface area contributed by atoms with Crippen molar-refractivity contribution in [2.24, 2.45) is 0 Å². The molecule has 192 valence electrons. The van der Waals surface area contributed by atoms with Crippen molar-refractivity contribution in [3.05, 3.63) is 87.6 Å². The van der Waals surface area contributed by atoms with E-state index in [0.717, 1.165) is 33.0 Å². The molecule has 3 aromatic rings. The van der Waals surface area contributed by atoms with Gasteiger partial charge in [-0.2, -0.15) is 0 Å². The number of hydrogen-bond acceptors (Lipinski definition) is 5. The Hall–Kier alpha value is -3.55. The van der Waals surface area contributed by atoms with Crippen LogP contribution in [0.15, 0.2) is 60.3 Å².